The van der Waals surface area contributed by atoms with Gasteiger partial charge in [-0.1, -0.05) is 25.7 Å². The second-order valence-electron chi connectivity index (χ2n) is 9.09. The lowest BCUT2D eigenvalue weighted by Crippen LogP contribution is -2.53. The molecule has 2 fully saturated rings. The molecule has 4 rings (SSSR count). The fourth-order valence-electron chi connectivity index (χ4n) is 5.29. The minimum atomic E-state index is 0.537. The summed E-state index contributed by atoms with van der Waals surface area (Å²) in [6.07, 6.45) is 10.4. The van der Waals surface area contributed by atoms with Crippen LogP contribution in [0.3, 0.4) is 0 Å². The van der Waals surface area contributed by atoms with Crippen molar-refractivity contribution in [3.8, 4) is 0 Å². The average Bonchev–Trinajstić information content (AvgIpc) is 2.79. The van der Waals surface area contributed by atoms with Crippen molar-refractivity contribution in [1.29, 1.82) is 0 Å². The zero-order chi connectivity index (χ0) is 20.6. The Hall–Kier alpha value is -0.700. The summed E-state index contributed by atoms with van der Waals surface area (Å²) in [6, 6.07) is 6.72. The molecule has 0 saturated heterocycles. The molecular formula is C23H40N6S. The molecule has 0 aromatic carbocycles. The van der Waals surface area contributed by atoms with E-state index in [-0.39, 0.29) is 0 Å². The summed E-state index contributed by atoms with van der Waals surface area (Å²) >= 11 is 1.85. The zero-order valence-corrected chi connectivity index (χ0v) is 19.1. The third-order valence-electron chi connectivity index (χ3n) is 6.85. The molecule has 4 unspecified atom stereocenters. The van der Waals surface area contributed by atoms with Gasteiger partial charge >= 0.3 is 0 Å². The van der Waals surface area contributed by atoms with E-state index in [2.05, 4.69) is 33.4 Å². The van der Waals surface area contributed by atoms with Crippen LogP contribution >= 0.6 is 11.8 Å². The fourth-order valence-corrected chi connectivity index (χ4v) is 6.08. The minimum Gasteiger partial charge on any atom is -0.330 e. The van der Waals surface area contributed by atoms with Gasteiger partial charge < -0.3 is 27.0 Å². The molecule has 7 heteroatoms. The summed E-state index contributed by atoms with van der Waals surface area (Å²) in [5.74, 6) is 0.951. The van der Waals surface area contributed by atoms with E-state index in [1.165, 1.54) is 56.3 Å². The van der Waals surface area contributed by atoms with Crippen molar-refractivity contribution in [3.05, 3.63) is 23.5 Å². The Morgan fingerprint density at radius 2 is 1.23 bits per heavy atom. The average molecular weight is 433 g/mol. The maximum Gasteiger partial charge on any atom is 0.0556 e. The van der Waals surface area contributed by atoms with Gasteiger partial charge in [-0.25, -0.2) is 0 Å². The summed E-state index contributed by atoms with van der Waals surface area (Å²) in [4.78, 5) is 6.31. The van der Waals surface area contributed by atoms with Crippen molar-refractivity contribution >= 4 is 11.8 Å². The molecule has 1 aromatic heterocycles. The quantitative estimate of drug-likeness (QED) is 0.468. The number of hydrogen-bond donors (Lipinski definition) is 5. The molecule has 2 aliphatic carbocycles. The smallest absolute Gasteiger partial charge is 0.0556 e. The number of nitrogens with two attached hydrogens (primary N) is 1. The van der Waals surface area contributed by atoms with Crippen LogP contribution in [0.2, 0.25) is 0 Å². The van der Waals surface area contributed by atoms with Crippen LogP contribution in [0.15, 0.2) is 17.0 Å². The van der Waals surface area contributed by atoms with E-state index in [0.717, 1.165) is 43.3 Å². The Bertz CT molecular complexity index is 608. The third kappa shape index (κ3) is 6.40. The number of nitrogens with one attached hydrogen (secondary N) is 4. The molecule has 0 amide bonds. The van der Waals surface area contributed by atoms with E-state index in [1.807, 2.05) is 11.8 Å². The van der Waals surface area contributed by atoms with Crippen LogP contribution in [0, 0.1) is 0 Å². The van der Waals surface area contributed by atoms with Crippen molar-refractivity contribution in [2.75, 3.05) is 25.4 Å². The van der Waals surface area contributed by atoms with Crippen LogP contribution in [-0.2, 0) is 13.1 Å². The summed E-state index contributed by atoms with van der Waals surface area (Å²) in [5.41, 5.74) is 8.07. The second-order valence-corrected chi connectivity index (χ2v) is 10.3. The fraction of sp³-hybridized carbons (Fsp3) is 0.783. The largest absolute Gasteiger partial charge is 0.330 e. The van der Waals surface area contributed by atoms with Gasteiger partial charge in [-0.05, 0) is 37.8 Å². The summed E-state index contributed by atoms with van der Waals surface area (Å²) < 4.78 is 0. The van der Waals surface area contributed by atoms with E-state index in [1.54, 1.807) is 0 Å². The number of thioether (sulfide) groups is 1. The first kappa shape index (κ1) is 22.5. The number of rotatable bonds is 3. The SMILES string of the molecule is NCCSc1cc2nc(c1)CNC1CCCCC1NCCNC1CCCCC1NC2. The maximum atomic E-state index is 5.76. The van der Waals surface area contributed by atoms with E-state index in [9.17, 15) is 0 Å². The Balaban J connectivity index is 1.52. The zero-order valence-electron chi connectivity index (χ0n) is 18.3. The third-order valence-corrected chi connectivity index (χ3v) is 7.86. The molecule has 168 valence electrons. The van der Waals surface area contributed by atoms with Gasteiger partial charge in [0.05, 0.1) is 11.4 Å². The van der Waals surface area contributed by atoms with Crippen molar-refractivity contribution < 1.29 is 0 Å². The lowest BCUT2D eigenvalue weighted by Gasteiger charge is -2.34. The van der Waals surface area contributed by atoms with Gasteiger partial charge in [0.25, 0.3) is 0 Å². The summed E-state index contributed by atoms with van der Waals surface area (Å²) in [5, 5.41) is 15.4. The molecule has 1 aliphatic heterocycles. The predicted molar refractivity (Wildman–Crippen MR) is 126 cm³/mol. The minimum absolute atomic E-state index is 0.537. The second kappa shape index (κ2) is 11.8. The highest BCUT2D eigenvalue weighted by Crippen LogP contribution is 2.23. The topological polar surface area (TPSA) is 87.0 Å². The lowest BCUT2D eigenvalue weighted by molar-refractivity contribution is 0.266. The summed E-state index contributed by atoms with van der Waals surface area (Å²) in [6.45, 7) is 4.50. The molecule has 0 spiro atoms. The highest BCUT2D eigenvalue weighted by molar-refractivity contribution is 7.99. The first-order valence-corrected chi connectivity index (χ1v) is 13.1. The van der Waals surface area contributed by atoms with Gasteiger partial charge in [-0.2, -0.15) is 0 Å². The molecule has 2 heterocycles. The summed E-state index contributed by atoms with van der Waals surface area (Å²) in [7, 11) is 0. The highest BCUT2D eigenvalue weighted by Gasteiger charge is 2.26. The van der Waals surface area contributed by atoms with Crippen molar-refractivity contribution in [2.45, 2.75) is 93.5 Å². The van der Waals surface area contributed by atoms with Gasteiger partial charge in [-0.15, -0.1) is 11.8 Å². The van der Waals surface area contributed by atoms with Crippen molar-refractivity contribution in [2.24, 2.45) is 5.73 Å². The number of aromatic nitrogens is 1. The lowest BCUT2D eigenvalue weighted by atomic mass is 9.89. The van der Waals surface area contributed by atoms with Crippen molar-refractivity contribution in [3.63, 3.8) is 0 Å². The van der Waals surface area contributed by atoms with Gasteiger partial charge in [0.2, 0.25) is 0 Å². The monoisotopic (exact) mass is 432 g/mol. The predicted octanol–water partition coefficient (Wildman–Crippen LogP) is 2.13. The van der Waals surface area contributed by atoms with Crippen LogP contribution in [0.4, 0.5) is 0 Å². The highest BCUT2D eigenvalue weighted by atomic mass is 32.2. The Labute approximate surface area is 186 Å². The number of pyridine rings is 1. The Morgan fingerprint density at radius 3 is 1.70 bits per heavy atom. The number of hydrogen-bond acceptors (Lipinski definition) is 7. The maximum absolute atomic E-state index is 5.76. The van der Waals surface area contributed by atoms with Crippen molar-refractivity contribution in [1.82, 2.24) is 26.3 Å². The van der Waals surface area contributed by atoms with E-state index in [0.29, 0.717) is 30.7 Å². The first-order chi connectivity index (χ1) is 14.8. The van der Waals surface area contributed by atoms with E-state index >= 15 is 0 Å². The van der Waals surface area contributed by atoms with Gasteiger partial charge in [0.1, 0.15) is 0 Å². The normalized spacial score (nSPS) is 31.1. The van der Waals surface area contributed by atoms with Gasteiger partial charge in [0.15, 0.2) is 0 Å². The van der Waals surface area contributed by atoms with Crippen LogP contribution in [0.25, 0.3) is 0 Å². The van der Waals surface area contributed by atoms with Crippen LogP contribution in [-0.4, -0.2) is 54.5 Å². The molecule has 6 nitrogen and oxygen atoms in total. The first-order valence-electron chi connectivity index (χ1n) is 12.1. The van der Waals surface area contributed by atoms with E-state index in [4.69, 9.17) is 10.7 Å². The molecule has 4 atom stereocenters. The molecule has 3 aliphatic rings. The van der Waals surface area contributed by atoms with Gasteiger partial charge in [-0.3, -0.25) is 4.98 Å². The van der Waals surface area contributed by atoms with Crippen LogP contribution < -0.4 is 27.0 Å². The molecule has 30 heavy (non-hydrogen) atoms. The molecule has 2 saturated carbocycles. The van der Waals surface area contributed by atoms with Gasteiger partial charge in [0, 0.05) is 67.5 Å². The van der Waals surface area contributed by atoms with E-state index < -0.39 is 0 Å². The standard InChI is InChI=1S/C23H40N6S/c24-9-12-30-19-13-17-15-27-22-7-3-1-5-20(22)25-10-11-26-21-6-2-4-8-23(21)28-16-18(14-19)29-17/h13-14,20-23,25-28H,1-12,15-16,24H2. The Kier molecular flexibility index (Phi) is 8.84. The molecular weight excluding hydrogens is 392 g/mol. The molecule has 1 aromatic rings. The molecule has 6 N–H and O–H groups in total. The van der Waals surface area contributed by atoms with Crippen LogP contribution in [0.1, 0.15) is 62.8 Å². The van der Waals surface area contributed by atoms with Crippen LogP contribution in [0.5, 0.6) is 0 Å². The number of fused-ring (bicyclic) bond motifs is 4. The molecule has 0 radical (unpaired) electrons. The number of nitrogens with zero attached hydrogens (tertiary/aromatic N) is 1. The molecule has 2 bridgehead atoms. The Morgan fingerprint density at radius 1 is 0.767 bits per heavy atom.